The van der Waals surface area contributed by atoms with Gasteiger partial charge in [0.1, 0.15) is 17.9 Å². The number of fused-ring (bicyclic) bond motifs is 1. The van der Waals surface area contributed by atoms with Gasteiger partial charge in [0.05, 0.1) is 12.0 Å². The maximum atomic E-state index is 14.8. The molecular formula is C22H20ClFN4O3. The molecule has 9 heteroatoms. The third kappa shape index (κ3) is 4.39. The molecule has 0 aliphatic carbocycles. The van der Waals surface area contributed by atoms with Crippen molar-refractivity contribution in [2.24, 2.45) is 0 Å². The fraction of sp³-hybridized carbons (Fsp3) is 0.227. The minimum absolute atomic E-state index is 0.128. The van der Waals surface area contributed by atoms with Crippen LogP contribution < -0.4 is 5.32 Å². The van der Waals surface area contributed by atoms with Crippen LogP contribution in [0.25, 0.3) is 0 Å². The summed E-state index contributed by atoms with van der Waals surface area (Å²) in [6.45, 7) is 0.269. The van der Waals surface area contributed by atoms with Crippen molar-refractivity contribution in [2.45, 2.75) is 24.9 Å². The number of urea groups is 1. The molecule has 0 radical (unpaired) electrons. The van der Waals surface area contributed by atoms with Crippen molar-refractivity contribution in [3.05, 3.63) is 88.2 Å². The van der Waals surface area contributed by atoms with E-state index in [4.69, 9.17) is 11.6 Å². The van der Waals surface area contributed by atoms with Gasteiger partial charge in [-0.3, -0.25) is 0 Å². The number of benzene rings is 2. The first-order valence-electron chi connectivity index (χ1n) is 9.75. The molecule has 0 saturated carbocycles. The van der Waals surface area contributed by atoms with Crippen molar-refractivity contribution in [1.82, 2.24) is 20.2 Å². The van der Waals surface area contributed by atoms with Crippen LogP contribution in [0.5, 0.6) is 0 Å². The van der Waals surface area contributed by atoms with Crippen LogP contribution in [0.15, 0.2) is 54.9 Å². The van der Waals surface area contributed by atoms with Crippen molar-refractivity contribution >= 4 is 23.6 Å². The second-order valence-electron chi connectivity index (χ2n) is 7.31. The highest BCUT2D eigenvalue weighted by Crippen LogP contribution is 2.35. The minimum atomic E-state index is -1.15. The van der Waals surface area contributed by atoms with Crippen LogP contribution in [0.3, 0.4) is 0 Å². The molecule has 0 spiro atoms. The van der Waals surface area contributed by atoms with Crippen LogP contribution in [0.1, 0.15) is 28.6 Å². The minimum Gasteiger partial charge on any atom is -0.480 e. The van der Waals surface area contributed by atoms with Gasteiger partial charge in [0, 0.05) is 35.7 Å². The predicted octanol–water partition coefficient (Wildman–Crippen LogP) is 3.56. The molecule has 4 rings (SSSR count). The number of carboxylic acids is 1. The van der Waals surface area contributed by atoms with Crippen molar-refractivity contribution in [1.29, 1.82) is 0 Å². The van der Waals surface area contributed by atoms with Gasteiger partial charge in [0.2, 0.25) is 0 Å². The highest BCUT2D eigenvalue weighted by molar-refractivity contribution is 6.30. The standard InChI is InChI=1S/C22H20ClFN4O3/c23-14-6-7-15(16(24)11-14)20-19-17(25-12-26-19)8-9-28(20)22(31)27-18(21(29)30)10-13-4-2-1-3-5-13/h1-7,11-12,18,20H,8-10H2,(H,25,26)(H,27,31)(H,29,30)/t18-,20+/m0/s1. The maximum Gasteiger partial charge on any atom is 0.326 e. The summed E-state index contributed by atoms with van der Waals surface area (Å²) >= 11 is 5.89. The number of aliphatic carboxylic acids is 1. The fourth-order valence-electron chi connectivity index (χ4n) is 3.82. The molecular weight excluding hydrogens is 423 g/mol. The number of hydrogen-bond acceptors (Lipinski definition) is 3. The molecule has 1 aromatic heterocycles. The summed E-state index contributed by atoms with van der Waals surface area (Å²) in [6, 6.07) is 10.7. The first kappa shape index (κ1) is 20.9. The number of rotatable bonds is 5. The lowest BCUT2D eigenvalue weighted by atomic mass is 9.95. The highest BCUT2D eigenvalue weighted by atomic mass is 35.5. The number of nitrogens with zero attached hydrogens (tertiary/aromatic N) is 2. The lowest BCUT2D eigenvalue weighted by Crippen LogP contribution is -2.52. The summed E-state index contributed by atoms with van der Waals surface area (Å²) in [6.07, 6.45) is 2.12. The van der Waals surface area contributed by atoms with Gasteiger partial charge >= 0.3 is 12.0 Å². The first-order valence-corrected chi connectivity index (χ1v) is 10.1. The zero-order chi connectivity index (χ0) is 22.0. The summed E-state index contributed by atoms with van der Waals surface area (Å²) < 4.78 is 14.8. The van der Waals surface area contributed by atoms with Gasteiger partial charge in [0.25, 0.3) is 0 Å². The van der Waals surface area contributed by atoms with E-state index in [0.717, 1.165) is 11.3 Å². The zero-order valence-electron chi connectivity index (χ0n) is 16.4. The van der Waals surface area contributed by atoms with E-state index in [1.165, 1.54) is 23.4 Å². The van der Waals surface area contributed by atoms with Crippen LogP contribution in [-0.4, -0.2) is 44.6 Å². The number of amides is 2. The van der Waals surface area contributed by atoms with E-state index in [9.17, 15) is 19.1 Å². The van der Waals surface area contributed by atoms with Crippen LogP contribution >= 0.6 is 11.6 Å². The third-order valence-corrected chi connectivity index (χ3v) is 5.56. The van der Waals surface area contributed by atoms with Crippen LogP contribution in [0.2, 0.25) is 5.02 Å². The molecule has 2 atom stereocenters. The largest absolute Gasteiger partial charge is 0.480 e. The molecule has 2 aromatic carbocycles. The molecule has 2 amide bonds. The summed E-state index contributed by atoms with van der Waals surface area (Å²) in [5.74, 6) is -1.71. The number of carbonyl (C=O) groups excluding carboxylic acids is 1. The SMILES string of the molecule is O=C(O)[C@H](Cc1ccccc1)NC(=O)N1CCc2[nH]cnc2[C@H]1c1ccc(Cl)cc1F. The average Bonchev–Trinajstić information content (AvgIpc) is 3.22. The number of hydrogen-bond donors (Lipinski definition) is 3. The van der Waals surface area contributed by atoms with E-state index in [-0.39, 0.29) is 23.6 Å². The molecule has 3 N–H and O–H groups in total. The Morgan fingerprint density at radius 2 is 2.06 bits per heavy atom. The number of halogens is 2. The van der Waals surface area contributed by atoms with Gasteiger partial charge in [-0.2, -0.15) is 0 Å². The molecule has 0 saturated heterocycles. The highest BCUT2D eigenvalue weighted by Gasteiger charge is 2.37. The monoisotopic (exact) mass is 442 g/mol. The molecule has 2 heterocycles. The van der Waals surface area contributed by atoms with E-state index < -0.39 is 29.9 Å². The van der Waals surface area contributed by atoms with Crippen molar-refractivity contribution in [3.8, 4) is 0 Å². The molecule has 0 bridgehead atoms. The van der Waals surface area contributed by atoms with E-state index in [0.29, 0.717) is 12.1 Å². The molecule has 7 nitrogen and oxygen atoms in total. The van der Waals surface area contributed by atoms with Gasteiger partial charge in [0.15, 0.2) is 0 Å². The predicted molar refractivity (Wildman–Crippen MR) is 112 cm³/mol. The molecule has 160 valence electrons. The van der Waals surface area contributed by atoms with E-state index in [1.807, 2.05) is 6.07 Å². The zero-order valence-corrected chi connectivity index (χ0v) is 17.1. The topological polar surface area (TPSA) is 98.3 Å². The van der Waals surface area contributed by atoms with E-state index in [2.05, 4.69) is 15.3 Å². The Morgan fingerprint density at radius 1 is 1.29 bits per heavy atom. The Bertz CT molecular complexity index is 1110. The van der Waals surface area contributed by atoms with Crippen LogP contribution in [0.4, 0.5) is 9.18 Å². The number of H-pyrrole nitrogens is 1. The molecule has 31 heavy (non-hydrogen) atoms. The maximum absolute atomic E-state index is 14.8. The fourth-order valence-corrected chi connectivity index (χ4v) is 3.97. The number of carboxylic acid groups (broad SMARTS) is 1. The Kier molecular flexibility index (Phi) is 5.90. The van der Waals surface area contributed by atoms with Crippen LogP contribution in [0, 0.1) is 5.82 Å². The number of aromatic amines is 1. The summed E-state index contributed by atoms with van der Waals surface area (Å²) in [4.78, 5) is 33.7. The lowest BCUT2D eigenvalue weighted by Gasteiger charge is -2.36. The summed E-state index contributed by atoms with van der Waals surface area (Å²) in [5.41, 5.74) is 2.35. The number of imidazole rings is 1. The summed E-state index contributed by atoms with van der Waals surface area (Å²) in [5, 5.41) is 12.5. The molecule has 0 fully saturated rings. The van der Waals surface area contributed by atoms with Crippen molar-refractivity contribution in [2.75, 3.05) is 6.54 Å². The second-order valence-corrected chi connectivity index (χ2v) is 7.74. The summed E-state index contributed by atoms with van der Waals surface area (Å²) in [7, 11) is 0. The Balaban J connectivity index is 1.63. The average molecular weight is 443 g/mol. The van der Waals surface area contributed by atoms with Gasteiger partial charge in [-0.05, 0) is 17.7 Å². The second kappa shape index (κ2) is 8.77. The van der Waals surface area contributed by atoms with Gasteiger partial charge in [-0.1, -0.05) is 48.0 Å². The molecule has 1 aliphatic heterocycles. The quantitative estimate of drug-likeness (QED) is 0.562. The number of aromatic nitrogens is 2. The normalized spacial score (nSPS) is 16.5. The van der Waals surface area contributed by atoms with E-state index in [1.54, 1.807) is 30.3 Å². The Morgan fingerprint density at radius 3 is 2.77 bits per heavy atom. The number of carbonyl (C=O) groups is 2. The van der Waals surface area contributed by atoms with Gasteiger partial charge < -0.3 is 20.3 Å². The van der Waals surface area contributed by atoms with Crippen molar-refractivity contribution < 1.29 is 19.1 Å². The first-order chi connectivity index (χ1) is 14.9. The molecule has 3 aromatic rings. The van der Waals surface area contributed by atoms with Gasteiger partial charge in [-0.25, -0.2) is 19.0 Å². The van der Waals surface area contributed by atoms with Crippen LogP contribution in [-0.2, 0) is 17.6 Å². The smallest absolute Gasteiger partial charge is 0.326 e. The Labute approximate surface area is 182 Å². The Hall–Kier alpha value is -3.39. The van der Waals surface area contributed by atoms with E-state index >= 15 is 0 Å². The third-order valence-electron chi connectivity index (χ3n) is 5.32. The van der Waals surface area contributed by atoms with Crippen molar-refractivity contribution in [3.63, 3.8) is 0 Å². The van der Waals surface area contributed by atoms with Gasteiger partial charge in [-0.15, -0.1) is 0 Å². The molecule has 1 aliphatic rings. The number of nitrogens with one attached hydrogen (secondary N) is 2. The molecule has 0 unspecified atom stereocenters. The lowest BCUT2D eigenvalue weighted by molar-refractivity contribution is -0.139.